The predicted octanol–water partition coefficient (Wildman–Crippen LogP) is 4.50. The highest BCUT2D eigenvalue weighted by Gasteiger charge is 2.23. The number of ether oxygens (including phenoxy) is 2. The molecule has 0 aromatic heterocycles. The summed E-state index contributed by atoms with van der Waals surface area (Å²) in [7, 11) is 2.94. The van der Waals surface area contributed by atoms with Crippen molar-refractivity contribution in [1.29, 1.82) is 0 Å². The molecule has 3 aromatic carbocycles. The molecule has 0 saturated heterocycles. The fourth-order valence-electron chi connectivity index (χ4n) is 3.47. The Morgan fingerprint density at radius 3 is 1.94 bits per heavy atom. The van der Waals surface area contributed by atoms with Crippen molar-refractivity contribution >= 4 is 35.2 Å². The van der Waals surface area contributed by atoms with Crippen LogP contribution in [0.5, 0.6) is 11.5 Å². The van der Waals surface area contributed by atoms with E-state index >= 15 is 0 Å². The van der Waals surface area contributed by atoms with Crippen molar-refractivity contribution in [3.05, 3.63) is 89.5 Å². The van der Waals surface area contributed by atoms with Crippen molar-refractivity contribution in [3.8, 4) is 11.5 Å². The zero-order valence-corrected chi connectivity index (χ0v) is 20.0. The monoisotopic (exact) mass is 485 g/mol. The molecule has 36 heavy (non-hydrogen) atoms. The topological polar surface area (TPSA) is 106 Å². The van der Waals surface area contributed by atoms with E-state index in [1.807, 2.05) is 6.07 Å². The number of carbonyl (C=O) groups excluding carboxylic acids is 3. The zero-order chi connectivity index (χ0) is 25.5. The Labute approximate surface area is 209 Å². The van der Waals surface area contributed by atoms with Gasteiger partial charge in [0.25, 0.3) is 11.8 Å². The van der Waals surface area contributed by atoms with Crippen LogP contribution >= 0.6 is 0 Å². The number of amides is 3. The van der Waals surface area contributed by atoms with Gasteiger partial charge in [-0.2, -0.15) is 0 Å². The minimum atomic E-state index is -0.382. The lowest BCUT2D eigenvalue weighted by molar-refractivity contribution is -0.111. The lowest BCUT2D eigenvalue weighted by Crippen LogP contribution is -2.25. The predicted molar refractivity (Wildman–Crippen MR) is 139 cm³/mol. The molecule has 0 atom stereocenters. The second-order valence-electron chi connectivity index (χ2n) is 8.27. The molecule has 3 aromatic rings. The Morgan fingerprint density at radius 2 is 1.36 bits per heavy atom. The molecule has 1 aliphatic rings. The number of hydrogen-bond acceptors (Lipinski definition) is 5. The van der Waals surface area contributed by atoms with Gasteiger partial charge in [-0.1, -0.05) is 30.3 Å². The third-order valence-corrected chi connectivity index (χ3v) is 5.58. The number of anilines is 2. The summed E-state index contributed by atoms with van der Waals surface area (Å²) < 4.78 is 10.8. The molecule has 184 valence electrons. The van der Waals surface area contributed by atoms with Gasteiger partial charge in [-0.25, -0.2) is 0 Å². The van der Waals surface area contributed by atoms with Gasteiger partial charge < -0.3 is 25.4 Å². The summed E-state index contributed by atoms with van der Waals surface area (Å²) in [6.45, 7) is 0. The van der Waals surface area contributed by atoms with E-state index in [1.54, 1.807) is 66.7 Å². The van der Waals surface area contributed by atoms with E-state index in [2.05, 4.69) is 16.0 Å². The molecule has 8 nitrogen and oxygen atoms in total. The molecule has 0 aliphatic heterocycles. The summed E-state index contributed by atoms with van der Waals surface area (Å²) in [5.41, 5.74) is 2.64. The summed E-state index contributed by atoms with van der Waals surface area (Å²) in [6.07, 6.45) is 5.10. The molecular weight excluding hydrogens is 458 g/mol. The summed E-state index contributed by atoms with van der Waals surface area (Å²) in [5.74, 6) is -0.0553. The van der Waals surface area contributed by atoms with Crippen LogP contribution in [-0.2, 0) is 4.79 Å². The van der Waals surface area contributed by atoms with Crippen LogP contribution in [0.3, 0.4) is 0 Å². The van der Waals surface area contributed by atoms with Gasteiger partial charge in [0.2, 0.25) is 5.91 Å². The Bertz CT molecular complexity index is 1280. The van der Waals surface area contributed by atoms with Crippen LogP contribution in [0.15, 0.2) is 72.8 Å². The number of hydrogen-bond donors (Lipinski definition) is 3. The standard InChI is InChI=1S/C28H27N3O5/c1-35-24-17-23(31-28(34)19-6-4-3-5-7-19)25(36-2)16-22(24)30-26(32)15-10-18-8-11-20(12-9-18)27(33)29-21-13-14-21/h3-12,15-17,21H,13-14H2,1-2H3,(H,29,33)(H,30,32)(H,31,34)/b15-10+. The van der Waals surface area contributed by atoms with E-state index in [4.69, 9.17) is 9.47 Å². The molecule has 3 N–H and O–H groups in total. The van der Waals surface area contributed by atoms with E-state index in [1.165, 1.54) is 20.3 Å². The fourth-order valence-corrected chi connectivity index (χ4v) is 3.47. The van der Waals surface area contributed by atoms with Crippen molar-refractivity contribution in [2.24, 2.45) is 0 Å². The Kier molecular flexibility index (Phi) is 7.65. The first-order valence-electron chi connectivity index (χ1n) is 11.5. The normalized spacial score (nSPS) is 12.6. The summed E-state index contributed by atoms with van der Waals surface area (Å²) in [5, 5.41) is 8.52. The maximum absolute atomic E-state index is 12.6. The van der Waals surface area contributed by atoms with Crippen LogP contribution in [0.1, 0.15) is 39.1 Å². The second kappa shape index (κ2) is 11.2. The van der Waals surface area contributed by atoms with Crippen molar-refractivity contribution in [2.75, 3.05) is 24.9 Å². The second-order valence-corrected chi connectivity index (χ2v) is 8.27. The van der Waals surface area contributed by atoms with Crippen LogP contribution in [0.4, 0.5) is 11.4 Å². The molecule has 8 heteroatoms. The van der Waals surface area contributed by atoms with Crippen molar-refractivity contribution < 1.29 is 23.9 Å². The molecule has 0 heterocycles. The van der Waals surface area contributed by atoms with Crippen LogP contribution < -0.4 is 25.4 Å². The minimum Gasteiger partial charge on any atom is -0.494 e. The number of benzene rings is 3. The largest absolute Gasteiger partial charge is 0.494 e. The molecule has 0 radical (unpaired) electrons. The average Bonchev–Trinajstić information content (AvgIpc) is 3.72. The van der Waals surface area contributed by atoms with Gasteiger partial charge in [-0.3, -0.25) is 14.4 Å². The average molecular weight is 486 g/mol. The van der Waals surface area contributed by atoms with Crippen LogP contribution in [0.25, 0.3) is 6.08 Å². The van der Waals surface area contributed by atoms with Gasteiger partial charge >= 0.3 is 0 Å². The van der Waals surface area contributed by atoms with Crippen LogP contribution in [0, 0.1) is 0 Å². The smallest absolute Gasteiger partial charge is 0.255 e. The maximum Gasteiger partial charge on any atom is 0.255 e. The van der Waals surface area contributed by atoms with Gasteiger partial charge in [0, 0.05) is 35.4 Å². The first kappa shape index (κ1) is 24.5. The van der Waals surface area contributed by atoms with E-state index in [9.17, 15) is 14.4 Å². The quantitative estimate of drug-likeness (QED) is 0.387. The fraction of sp³-hybridized carbons (Fsp3) is 0.179. The van der Waals surface area contributed by atoms with E-state index in [0.29, 0.717) is 40.0 Å². The van der Waals surface area contributed by atoms with Gasteiger partial charge in [0.1, 0.15) is 11.5 Å². The van der Waals surface area contributed by atoms with Gasteiger partial charge in [0.15, 0.2) is 0 Å². The van der Waals surface area contributed by atoms with Gasteiger partial charge in [0.05, 0.1) is 25.6 Å². The van der Waals surface area contributed by atoms with Gasteiger partial charge in [-0.15, -0.1) is 0 Å². The van der Waals surface area contributed by atoms with Crippen LogP contribution in [0.2, 0.25) is 0 Å². The number of nitrogens with one attached hydrogen (secondary N) is 3. The number of methoxy groups -OCH3 is 2. The highest BCUT2D eigenvalue weighted by Crippen LogP contribution is 2.36. The highest BCUT2D eigenvalue weighted by atomic mass is 16.5. The van der Waals surface area contributed by atoms with Gasteiger partial charge in [-0.05, 0) is 48.7 Å². The van der Waals surface area contributed by atoms with Crippen LogP contribution in [-0.4, -0.2) is 38.0 Å². The molecule has 3 amide bonds. The molecule has 1 saturated carbocycles. The molecule has 1 fully saturated rings. The SMILES string of the molecule is COc1cc(NC(=O)c2ccccc2)c(OC)cc1NC(=O)/C=C/c1ccc(C(=O)NC2CC2)cc1. The lowest BCUT2D eigenvalue weighted by Gasteiger charge is -2.16. The first-order chi connectivity index (χ1) is 17.5. The highest BCUT2D eigenvalue weighted by molar-refractivity contribution is 6.06. The first-order valence-corrected chi connectivity index (χ1v) is 11.5. The summed E-state index contributed by atoms with van der Waals surface area (Å²) in [4.78, 5) is 37.2. The van der Waals surface area contributed by atoms with Crippen molar-refractivity contribution in [3.63, 3.8) is 0 Å². The van der Waals surface area contributed by atoms with Crippen molar-refractivity contribution in [1.82, 2.24) is 5.32 Å². The maximum atomic E-state index is 12.6. The van der Waals surface area contributed by atoms with E-state index in [0.717, 1.165) is 18.4 Å². The zero-order valence-electron chi connectivity index (χ0n) is 20.0. The number of rotatable bonds is 9. The third-order valence-electron chi connectivity index (χ3n) is 5.58. The molecule has 1 aliphatic carbocycles. The van der Waals surface area contributed by atoms with E-state index in [-0.39, 0.29) is 17.7 Å². The molecular formula is C28H27N3O5. The third kappa shape index (κ3) is 6.29. The number of carbonyl (C=O) groups is 3. The minimum absolute atomic E-state index is 0.0878. The lowest BCUT2D eigenvalue weighted by atomic mass is 10.1. The summed E-state index contributed by atoms with van der Waals surface area (Å²) >= 11 is 0. The molecule has 0 spiro atoms. The molecule has 4 rings (SSSR count). The Hall–Kier alpha value is -4.59. The van der Waals surface area contributed by atoms with Crippen molar-refractivity contribution in [2.45, 2.75) is 18.9 Å². The molecule has 0 bridgehead atoms. The Morgan fingerprint density at radius 1 is 0.778 bits per heavy atom. The Balaban J connectivity index is 1.43. The van der Waals surface area contributed by atoms with E-state index < -0.39 is 0 Å². The summed E-state index contributed by atoms with van der Waals surface area (Å²) in [6, 6.07) is 19.3. The molecule has 0 unspecified atom stereocenters.